The molecule has 0 bridgehead atoms. The van der Waals surface area contributed by atoms with Gasteiger partial charge in [-0.2, -0.15) is 0 Å². The van der Waals surface area contributed by atoms with Crippen molar-refractivity contribution in [2.45, 2.75) is 33.4 Å². The van der Waals surface area contributed by atoms with Crippen molar-refractivity contribution in [2.24, 2.45) is 4.99 Å². The average molecular weight is 407 g/mol. The van der Waals surface area contributed by atoms with Crippen LogP contribution in [-0.4, -0.2) is 32.8 Å². The third kappa shape index (κ3) is 6.88. The van der Waals surface area contributed by atoms with Crippen molar-refractivity contribution >= 4 is 29.9 Å². The van der Waals surface area contributed by atoms with Crippen molar-refractivity contribution in [3.63, 3.8) is 0 Å². The summed E-state index contributed by atoms with van der Waals surface area (Å²) in [7, 11) is 3.40. The van der Waals surface area contributed by atoms with Gasteiger partial charge in [-0.05, 0) is 38.5 Å². The third-order valence-electron chi connectivity index (χ3n) is 2.64. The number of guanidine groups is 1. The third-order valence-corrected chi connectivity index (χ3v) is 2.64. The number of aliphatic imine (C=N–C) groups is 1. The van der Waals surface area contributed by atoms with Gasteiger partial charge in [0.15, 0.2) is 17.5 Å². The lowest BCUT2D eigenvalue weighted by Gasteiger charge is -2.15. The van der Waals surface area contributed by atoms with Gasteiger partial charge in [-0.3, -0.25) is 4.99 Å². The molecular formula is C15H26IN3O2. The maximum absolute atomic E-state index is 5.57. The predicted molar refractivity (Wildman–Crippen MR) is 98.0 cm³/mol. The molecule has 0 saturated carbocycles. The first-order valence-electron chi connectivity index (χ1n) is 6.87. The van der Waals surface area contributed by atoms with Crippen LogP contribution in [0.5, 0.6) is 11.5 Å². The van der Waals surface area contributed by atoms with Crippen LogP contribution in [0.3, 0.4) is 0 Å². The highest BCUT2D eigenvalue weighted by molar-refractivity contribution is 14.0. The fourth-order valence-electron chi connectivity index (χ4n) is 1.75. The lowest BCUT2D eigenvalue weighted by molar-refractivity contribution is 0.310. The van der Waals surface area contributed by atoms with Crippen LogP contribution in [0.4, 0.5) is 0 Å². The van der Waals surface area contributed by atoms with Gasteiger partial charge in [-0.1, -0.05) is 6.07 Å². The number of ether oxygens (including phenoxy) is 2. The SMILES string of the molecule is CCOc1cc(CNC(=NC)NC(C)C)ccc1OC.I. The van der Waals surface area contributed by atoms with Crippen LogP contribution in [0.1, 0.15) is 26.3 Å². The topological polar surface area (TPSA) is 54.9 Å². The van der Waals surface area contributed by atoms with Crippen LogP contribution >= 0.6 is 24.0 Å². The van der Waals surface area contributed by atoms with Gasteiger partial charge in [0.1, 0.15) is 0 Å². The molecule has 1 rings (SSSR count). The van der Waals surface area contributed by atoms with Gasteiger partial charge >= 0.3 is 0 Å². The lowest BCUT2D eigenvalue weighted by Crippen LogP contribution is -2.40. The van der Waals surface area contributed by atoms with Crippen LogP contribution in [-0.2, 0) is 6.54 Å². The minimum atomic E-state index is 0. The maximum Gasteiger partial charge on any atom is 0.191 e. The van der Waals surface area contributed by atoms with E-state index in [4.69, 9.17) is 9.47 Å². The van der Waals surface area contributed by atoms with Crippen LogP contribution < -0.4 is 20.1 Å². The lowest BCUT2D eigenvalue weighted by atomic mass is 10.2. The molecule has 0 atom stereocenters. The second kappa shape index (κ2) is 10.5. The Morgan fingerprint density at radius 2 is 2.00 bits per heavy atom. The van der Waals surface area contributed by atoms with Crippen LogP contribution in [0.25, 0.3) is 0 Å². The van der Waals surface area contributed by atoms with Crippen LogP contribution in [0.2, 0.25) is 0 Å². The molecule has 0 aliphatic carbocycles. The van der Waals surface area contributed by atoms with Crippen LogP contribution in [0.15, 0.2) is 23.2 Å². The van der Waals surface area contributed by atoms with E-state index in [0.717, 1.165) is 23.0 Å². The number of nitrogens with zero attached hydrogens (tertiary/aromatic N) is 1. The van der Waals surface area contributed by atoms with E-state index in [1.807, 2.05) is 25.1 Å². The van der Waals surface area contributed by atoms with E-state index in [2.05, 4.69) is 29.5 Å². The minimum absolute atomic E-state index is 0. The van der Waals surface area contributed by atoms with E-state index < -0.39 is 0 Å². The highest BCUT2D eigenvalue weighted by Gasteiger charge is 2.06. The number of nitrogens with one attached hydrogen (secondary N) is 2. The molecule has 0 spiro atoms. The maximum atomic E-state index is 5.57. The van der Waals surface area contributed by atoms with E-state index >= 15 is 0 Å². The van der Waals surface area contributed by atoms with Gasteiger partial charge in [0, 0.05) is 19.6 Å². The second-order valence-corrected chi connectivity index (χ2v) is 4.64. The first-order valence-corrected chi connectivity index (χ1v) is 6.87. The Morgan fingerprint density at radius 1 is 1.29 bits per heavy atom. The number of benzene rings is 1. The van der Waals surface area contributed by atoms with Gasteiger partial charge in [-0.25, -0.2) is 0 Å². The van der Waals surface area contributed by atoms with Crippen molar-refractivity contribution in [3.8, 4) is 11.5 Å². The molecule has 5 nitrogen and oxygen atoms in total. The molecular weight excluding hydrogens is 381 g/mol. The van der Waals surface area contributed by atoms with Crippen LogP contribution in [0, 0.1) is 0 Å². The Balaban J connectivity index is 0.00000400. The normalized spacial score (nSPS) is 10.9. The quantitative estimate of drug-likeness (QED) is 0.433. The van der Waals surface area contributed by atoms with Crippen molar-refractivity contribution < 1.29 is 9.47 Å². The molecule has 0 aromatic heterocycles. The molecule has 0 heterocycles. The molecule has 1 aromatic carbocycles. The zero-order chi connectivity index (χ0) is 15.0. The zero-order valence-electron chi connectivity index (χ0n) is 13.4. The minimum Gasteiger partial charge on any atom is -0.493 e. The van der Waals surface area contributed by atoms with E-state index in [9.17, 15) is 0 Å². The van der Waals surface area contributed by atoms with Crippen molar-refractivity contribution in [1.82, 2.24) is 10.6 Å². The first-order chi connectivity index (χ1) is 9.60. The summed E-state index contributed by atoms with van der Waals surface area (Å²) in [6.07, 6.45) is 0. The summed E-state index contributed by atoms with van der Waals surface area (Å²) in [6.45, 7) is 7.40. The summed E-state index contributed by atoms with van der Waals surface area (Å²) in [5.41, 5.74) is 1.11. The number of hydrogen-bond donors (Lipinski definition) is 2. The highest BCUT2D eigenvalue weighted by Crippen LogP contribution is 2.27. The Labute approximate surface area is 144 Å². The zero-order valence-corrected chi connectivity index (χ0v) is 15.7. The molecule has 120 valence electrons. The Morgan fingerprint density at radius 3 is 2.52 bits per heavy atom. The van der Waals surface area contributed by atoms with E-state index in [-0.39, 0.29) is 24.0 Å². The summed E-state index contributed by atoms with van der Waals surface area (Å²) in [5, 5.41) is 6.51. The number of halogens is 1. The molecule has 0 aliphatic rings. The summed E-state index contributed by atoms with van der Waals surface area (Å²) < 4.78 is 10.8. The van der Waals surface area contributed by atoms with Crippen molar-refractivity contribution in [3.05, 3.63) is 23.8 Å². The Bertz CT molecular complexity index is 451. The van der Waals surface area contributed by atoms with E-state index in [1.165, 1.54) is 0 Å². The van der Waals surface area contributed by atoms with Gasteiger partial charge < -0.3 is 20.1 Å². The van der Waals surface area contributed by atoms with E-state index in [1.54, 1.807) is 14.2 Å². The van der Waals surface area contributed by atoms with Gasteiger partial charge in [-0.15, -0.1) is 24.0 Å². The summed E-state index contributed by atoms with van der Waals surface area (Å²) in [6, 6.07) is 6.26. The molecule has 2 N–H and O–H groups in total. The van der Waals surface area contributed by atoms with Gasteiger partial charge in [0.05, 0.1) is 13.7 Å². The predicted octanol–water partition coefficient (Wildman–Crippen LogP) is 2.79. The first kappa shape index (κ1) is 19.8. The van der Waals surface area contributed by atoms with E-state index in [0.29, 0.717) is 19.2 Å². The number of rotatable bonds is 6. The molecule has 0 radical (unpaired) electrons. The average Bonchev–Trinajstić information content (AvgIpc) is 2.43. The fourth-order valence-corrected chi connectivity index (χ4v) is 1.75. The van der Waals surface area contributed by atoms with Crippen molar-refractivity contribution in [2.75, 3.05) is 20.8 Å². The van der Waals surface area contributed by atoms with Gasteiger partial charge in [0.2, 0.25) is 0 Å². The smallest absolute Gasteiger partial charge is 0.191 e. The molecule has 0 amide bonds. The van der Waals surface area contributed by atoms with Gasteiger partial charge in [0.25, 0.3) is 0 Å². The Kier molecular flexibility index (Phi) is 9.94. The largest absolute Gasteiger partial charge is 0.493 e. The molecule has 0 aliphatic heterocycles. The Hall–Kier alpha value is -1.18. The molecule has 21 heavy (non-hydrogen) atoms. The highest BCUT2D eigenvalue weighted by atomic mass is 127. The number of methoxy groups -OCH3 is 1. The molecule has 0 saturated heterocycles. The molecule has 6 heteroatoms. The standard InChI is InChI=1S/C15H25N3O2.HI/c1-6-20-14-9-12(7-8-13(14)19-5)10-17-15(16-4)18-11(2)3;/h7-9,11H,6,10H2,1-5H3,(H2,16,17,18);1H. The monoisotopic (exact) mass is 407 g/mol. The summed E-state index contributed by atoms with van der Waals surface area (Å²) >= 11 is 0. The molecule has 1 aromatic rings. The van der Waals surface area contributed by atoms with Crippen molar-refractivity contribution in [1.29, 1.82) is 0 Å². The molecule has 0 unspecified atom stereocenters. The number of hydrogen-bond acceptors (Lipinski definition) is 3. The summed E-state index contributed by atoms with van der Waals surface area (Å²) in [4.78, 5) is 4.17. The summed E-state index contributed by atoms with van der Waals surface area (Å²) in [5.74, 6) is 2.30. The fraction of sp³-hybridized carbons (Fsp3) is 0.533. The second-order valence-electron chi connectivity index (χ2n) is 4.64. The molecule has 0 fully saturated rings.